The van der Waals surface area contributed by atoms with Gasteiger partial charge < -0.3 is 0 Å². The molecule has 0 saturated carbocycles. The number of aromatic nitrogens is 1. The molecular weight excluding hydrogens is 212 g/mol. The zero-order valence-electron chi connectivity index (χ0n) is 6.09. The summed E-state index contributed by atoms with van der Waals surface area (Å²) in [6.07, 6.45) is 1.16. The zero-order chi connectivity index (χ0) is 9.42. The number of nitrogens with zero attached hydrogens (tertiary/aromatic N) is 2. The number of pyridine rings is 1. The van der Waals surface area contributed by atoms with Crippen LogP contribution < -0.4 is 4.06 Å². The first-order chi connectivity index (χ1) is 6.16. The predicted octanol–water partition coefficient (Wildman–Crippen LogP) is 1.63. The minimum Gasteiger partial charge on any atom is -0.265 e. The van der Waals surface area contributed by atoms with Crippen molar-refractivity contribution in [1.82, 2.24) is 4.98 Å². The highest BCUT2D eigenvalue weighted by atomic mass is 32.2. The molecule has 0 aliphatic heterocycles. The van der Waals surface area contributed by atoms with Crippen LogP contribution in [0.15, 0.2) is 17.1 Å². The van der Waals surface area contributed by atoms with E-state index in [0.717, 1.165) is 28.9 Å². The molecule has 13 heavy (non-hydrogen) atoms. The molecule has 0 aromatic carbocycles. The quantitative estimate of drug-likeness (QED) is 0.534. The van der Waals surface area contributed by atoms with E-state index >= 15 is 0 Å². The Kier molecular flexibility index (Phi) is 1.82. The van der Waals surface area contributed by atoms with Crippen LogP contribution in [0.4, 0.5) is 5.69 Å². The van der Waals surface area contributed by atoms with E-state index < -0.39 is 4.92 Å². The van der Waals surface area contributed by atoms with Crippen molar-refractivity contribution in [2.24, 2.45) is 0 Å². The Morgan fingerprint density at radius 3 is 2.92 bits per heavy atom. The number of nitro groups is 1. The third kappa shape index (κ3) is 1.43. The van der Waals surface area contributed by atoms with Gasteiger partial charge in [0.1, 0.15) is 11.0 Å². The molecular formula is C6H2N2O3S2. The lowest BCUT2D eigenvalue weighted by molar-refractivity contribution is -0.385. The van der Waals surface area contributed by atoms with Crippen LogP contribution in [0.1, 0.15) is 0 Å². The van der Waals surface area contributed by atoms with Crippen molar-refractivity contribution >= 4 is 37.9 Å². The van der Waals surface area contributed by atoms with Gasteiger partial charge in [-0.2, -0.15) is 0 Å². The monoisotopic (exact) mass is 214 g/mol. The van der Waals surface area contributed by atoms with Crippen LogP contribution >= 0.6 is 22.7 Å². The summed E-state index contributed by atoms with van der Waals surface area (Å²) in [7, 11) is 0. The summed E-state index contributed by atoms with van der Waals surface area (Å²) in [5, 5.41) is 10.3. The molecule has 5 nitrogen and oxygen atoms in total. The van der Waals surface area contributed by atoms with E-state index in [9.17, 15) is 14.9 Å². The fourth-order valence-electron chi connectivity index (χ4n) is 0.861. The van der Waals surface area contributed by atoms with E-state index in [0.29, 0.717) is 9.53 Å². The minimum atomic E-state index is -0.526. The van der Waals surface area contributed by atoms with Gasteiger partial charge in [-0.15, -0.1) is 0 Å². The molecule has 0 atom stereocenters. The molecule has 2 heterocycles. The third-order valence-corrected chi connectivity index (χ3v) is 3.40. The summed E-state index contributed by atoms with van der Waals surface area (Å²) in [4.78, 5) is 25.1. The molecule has 2 rings (SSSR count). The van der Waals surface area contributed by atoms with Crippen molar-refractivity contribution in [3.05, 3.63) is 31.2 Å². The maximum absolute atomic E-state index is 10.9. The number of fused-ring (bicyclic) bond motifs is 1. The Bertz CT molecular complexity index is 530. The molecule has 0 amide bonds. The average Bonchev–Trinajstić information content (AvgIpc) is 2.42. The second kappa shape index (κ2) is 2.86. The van der Waals surface area contributed by atoms with Crippen molar-refractivity contribution in [3.8, 4) is 0 Å². The summed E-state index contributed by atoms with van der Waals surface area (Å²) in [6.45, 7) is 0. The molecule has 2 aromatic rings. The highest BCUT2D eigenvalue weighted by Crippen LogP contribution is 2.22. The molecule has 2 aromatic heterocycles. The van der Waals surface area contributed by atoms with E-state index in [2.05, 4.69) is 4.98 Å². The Labute approximate surface area is 79.4 Å². The molecule has 7 heteroatoms. The van der Waals surface area contributed by atoms with Crippen LogP contribution in [0.2, 0.25) is 0 Å². The molecule has 0 aliphatic carbocycles. The lowest BCUT2D eigenvalue weighted by Gasteiger charge is -1.88. The van der Waals surface area contributed by atoms with Gasteiger partial charge in [0, 0.05) is 6.07 Å². The summed E-state index contributed by atoms with van der Waals surface area (Å²) in [6, 6.07) is 1.37. The van der Waals surface area contributed by atoms with Gasteiger partial charge in [-0.05, 0) is 0 Å². The fraction of sp³-hybridized carbons (Fsp3) is 0. The molecule has 0 fully saturated rings. The molecule has 0 saturated heterocycles. The maximum Gasteiger partial charge on any atom is 0.290 e. The summed E-state index contributed by atoms with van der Waals surface area (Å²) < 4.78 is 0.479. The molecule has 66 valence electrons. The topological polar surface area (TPSA) is 73.1 Å². The highest BCUT2D eigenvalue weighted by molar-refractivity contribution is 7.35. The molecule has 0 aliphatic rings. The van der Waals surface area contributed by atoms with Gasteiger partial charge in [-0.1, -0.05) is 22.7 Å². The van der Waals surface area contributed by atoms with Crippen LogP contribution in [0.3, 0.4) is 0 Å². The van der Waals surface area contributed by atoms with Crippen molar-refractivity contribution in [1.29, 1.82) is 0 Å². The first-order valence-corrected chi connectivity index (χ1v) is 4.84. The van der Waals surface area contributed by atoms with Crippen LogP contribution in [0.5, 0.6) is 0 Å². The van der Waals surface area contributed by atoms with Gasteiger partial charge in [-0.3, -0.25) is 14.9 Å². The smallest absolute Gasteiger partial charge is 0.265 e. The summed E-state index contributed by atoms with van der Waals surface area (Å²) in [5.74, 6) is 0. The molecule has 0 unspecified atom stereocenters. The van der Waals surface area contributed by atoms with E-state index in [-0.39, 0.29) is 9.74 Å². The van der Waals surface area contributed by atoms with Crippen molar-refractivity contribution in [2.45, 2.75) is 0 Å². The Balaban J connectivity index is 2.74. The first-order valence-electron chi connectivity index (χ1n) is 3.21. The van der Waals surface area contributed by atoms with Gasteiger partial charge >= 0.3 is 0 Å². The maximum atomic E-state index is 10.9. The Morgan fingerprint density at radius 1 is 1.46 bits per heavy atom. The lowest BCUT2D eigenvalue weighted by atomic mass is 10.4. The SMILES string of the molecule is O=c1sc2cc([N+](=O)[O-])cnc2s1. The van der Waals surface area contributed by atoms with Gasteiger partial charge in [-0.25, -0.2) is 4.98 Å². The van der Waals surface area contributed by atoms with Crippen LogP contribution in [-0.2, 0) is 0 Å². The summed E-state index contributed by atoms with van der Waals surface area (Å²) in [5.41, 5.74) is -0.0819. The Morgan fingerprint density at radius 2 is 2.23 bits per heavy atom. The van der Waals surface area contributed by atoms with Gasteiger partial charge in [0.15, 0.2) is 0 Å². The number of hydrogen-bond acceptors (Lipinski definition) is 6. The average molecular weight is 214 g/mol. The number of rotatable bonds is 1. The second-order valence-electron chi connectivity index (χ2n) is 2.21. The van der Waals surface area contributed by atoms with Crippen molar-refractivity contribution in [3.63, 3.8) is 0 Å². The third-order valence-electron chi connectivity index (χ3n) is 1.39. The fourth-order valence-corrected chi connectivity index (χ4v) is 2.71. The molecule has 0 N–H and O–H groups in total. The van der Waals surface area contributed by atoms with Gasteiger partial charge in [0.2, 0.25) is 0 Å². The Hall–Kier alpha value is -1.34. The van der Waals surface area contributed by atoms with Crippen molar-refractivity contribution in [2.75, 3.05) is 0 Å². The van der Waals surface area contributed by atoms with E-state index in [1.54, 1.807) is 0 Å². The second-order valence-corrected chi connectivity index (χ2v) is 4.44. The van der Waals surface area contributed by atoms with Crippen LogP contribution in [0, 0.1) is 10.1 Å². The molecule has 0 bridgehead atoms. The minimum absolute atomic E-state index is 0.0819. The largest absolute Gasteiger partial charge is 0.290 e. The van der Waals surface area contributed by atoms with E-state index in [1.807, 2.05) is 0 Å². The van der Waals surface area contributed by atoms with E-state index in [1.165, 1.54) is 6.07 Å². The molecule has 0 radical (unpaired) electrons. The predicted molar refractivity (Wildman–Crippen MR) is 50.4 cm³/mol. The van der Waals surface area contributed by atoms with Crippen molar-refractivity contribution < 1.29 is 4.92 Å². The van der Waals surface area contributed by atoms with Crippen LogP contribution in [-0.4, -0.2) is 9.91 Å². The first kappa shape index (κ1) is 8.27. The normalized spacial score (nSPS) is 10.5. The standard InChI is InChI=1S/C6H2N2O3S2/c9-6-12-4-1-3(8(10)11)2-7-5(4)13-6/h1-2H. The zero-order valence-corrected chi connectivity index (χ0v) is 7.72. The molecule has 0 spiro atoms. The van der Waals surface area contributed by atoms with E-state index in [4.69, 9.17) is 0 Å². The van der Waals surface area contributed by atoms with Crippen LogP contribution in [0.25, 0.3) is 9.53 Å². The lowest BCUT2D eigenvalue weighted by Crippen LogP contribution is -1.87. The van der Waals surface area contributed by atoms with Gasteiger partial charge in [0.25, 0.3) is 9.74 Å². The number of hydrogen-bond donors (Lipinski definition) is 0. The summed E-state index contributed by atoms with van der Waals surface area (Å²) >= 11 is 1.98. The highest BCUT2D eigenvalue weighted by Gasteiger charge is 2.09. The van der Waals surface area contributed by atoms with Gasteiger partial charge in [0.05, 0.1) is 9.62 Å².